The third kappa shape index (κ3) is 5.50. The average molecular weight is 406 g/mol. The molecule has 0 aromatic heterocycles. The first-order valence-corrected chi connectivity index (χ1v) is 9.72. The van der Waals surface area contributed by atoms with Gasteiger partial charge in [0.15, 0.2) is 0 Å². The van der Waals surface area contributed by atoms with Crippen LogP contribution in [0.2, 0.25) is 0 Å². The van der Waals surface area contributed by atoms with Gasteiger partial charge in [-0.2, -0.15) is 13.2 Å². The molecular formula is C22H25F3N2O2. The summed E-state index contributed by atoms with van der Waals surface area (Å²) in [4.78, 5) is 14.7. The number of likely N-dealkylation sites (tertiary alicyclic amines) is 1. The summed E-state index contributed by atoms with van der Waals surface area (Å²) in [7, 11) is 1.61. The van der Waals surface area contributed by atoms with Gasteiger partial charge in [-0.05, 0) is 49.2 Å². The van der Waals surface area contributed by atoms with Gasteiger partial charge in [-0.15, -0.1) is 0 Å². The van der Waals surface area contributed by atoms with Gasteiger partial charge in [-0.25, -0.2) is 0 Å². The highest BCUT2D eigenvalue weighted by Crippen LogP contribution is 2.35. The van der Waals surface area contributed by atoms with Crippen LogP contribution in [0.1, 0.15) is 42.9 Å². The summed E-state index contributed by atoms with van der Waals surface area (Å²) in [5.41, 5.74) is 0.0351. The summed E-state index contributed by atoms with van der Waals surface area (Å²) in [6, 6.07) is 12.8. The fourth-order valence-electron chi connectivity index (χ4n) is 3.77. The van der Waals surface area contributed by atoms with E-state index in [1.54, 1.807) is 7.11 Å². The van der Waals surface area contributed by atoms with Crippen molar-refractivity contribution in [2.75, 3.05) is 25.5 Å². The average Bonchev–Trinajstić information content (AvgIpc) is 2.93. The second kappa shape index (κ2) is 9.31. The van der Waals surface area contributed by atoms with E-state index in [4.69, 9.17) is 4.74 Å². The van der Waals surface area contributed by atoms with E-state index in [1.165, 1.54) is 18.2 Å². The Morgan fingerprint density at radius 3 is 2.52 bits per heavy atom. The molecule has 0 spiro atoms. The van der Waals surface area contributed by atoms with Crippen molar-refractivity contribution in [3.63, 3.8) is 0 Å². The van der Waals surface area contributed by atoms with E-state index >= 15 is 0 Å². The number of carbonyl (C=O) groups excluding carboxylic acids is 1. The van der Waals surface area contributed by atoms with E-state index < -0.39 is 17.6 Å². The SMILES string of the molecule is COc1ccc([C@H]2CCCCCN2CC(=O)Nc2ccccc2C(F)(F)F)cc1. The predicted octanol–water partition coefficient (Wildman–Crippen LogP) is 5.27. The lowest BCUT2D eigenvalue weighted by Gasteiger charge is -2.30. The molecule has 0 unspecified atom stereocenters. The molecule has 2 aromatic carbocycles. The van der Waals surface area contributed by atoms with E-state index in [0.29, 0.717) is 0 Å². The molecule has 4 nitrogen and oxygen atoms in total. The molecule has 7 heteroatoms. The lowest BCUT2D eigenvalue weighted by Crippen LogP contribution is -2.36. The fraction of sp³-hybridized carbons (Fsp3) is 0.409. The Hall–Kier alpha value is -2.54. The highest BCUT2D eigenvalue weighted by atomic mass is 19.4. The zero-order valence-corrected chi connectivity index (χ0v) is 16.3. The van der Waals surface area contributed by atoms with Crippen molar-refractivity contribution in [1.29, 1.82) is 0 Å². The normalized spacial score (nSPS) is 18.1. The molecule has 156 valence electrons. The van der Waals surface area contributed by atoms with Crippen molar-refractivity contribution in [2.45, 2.75) is 37.9 Å². The summed E-state index contributed by atoms with van der Waals surface area (Å²) in [6.45, 7) is 0.772. The molecule has 1 saturated heterocycles. The number of rotatable bonds is 5. The molecule has 1 amide bonds. The molecule has 1 N–H and O–H groups in total. The maximum atomic E-state index is 13.2. The Labute approximate surface area is 168 Å². The van der Waals surface area contributed by atoms with Crippen LogP contribution in [0.3, 0.4) is 0 Å². The van der Waals surface area contributed by atoms with Crippen molar-refractivity contribution in [3.8, 4) is 5.75 Å². The minimum atomic E-state index is -4.52. The van der Waals surface area contributed by atoms with Crippen molar-refractivity contribution in [2.24, 2.45) is 0 Å². The number of hydrogen-bond donors (Lipinski definition) is 1. The van der Waals surface area contributed by atoms with Gasteiger partial charge in [0, 0.05) is 6.04 Å². The van der Waals surface area contributed by atoms with Crippen LogP contribution in [-0.4, -0.2) is 31.0 Å². The zero-order valence-electron chi connectivity index (χ0n) is 16.3. The minimum Gasteiger partial charge on any atom is -0.497 e. The van der Waals surface area contributed by atoms with Crippen LogP contribution in [0, 0.1) is 0 Å². The van der Waals surface area contributed by atoms with Crippen LogP contribution in [0.5, 0.6) is 5.75 Å². The number of carbonyl (C=O) groups is 1. The molecule has 1 aliphatic heterocycles. The topological polar surface area (TPSA) is 41.6 Å². The largest absolute Gasteiger partial charge is 0.497 e. The Morgan fingerprint density at radius 1 is 1.10 bits per heavy atom. The second-order valence-corrected chi connectivity index (χ2v) is 7.20. The molecule has 2 aromatic rings. The quantitative estimate of drug-likeness (QED) is 0.736. The van der Waals surface area contributed by atoms with Crippen LogP contribution in [-0.2, 0) is 11.0 Å². The van der Waals surface area contributed by atoms with Gasteiger partial charge in [0.25, 0.3) is 0 Å². The Balaban J connectivity index is 1.75. The van der Waals surface area contributed by atoms with Crippen LogP contribution >= 0.6 is 0 Å². The van der Waals surface area contributed by atoms with E-state index in [9.17, 15) is 18.0 Å². The molecule has 0 aliphatic carbocycles. The summed E-state index contributed by atoms with van der Waals surface area (Å²) in [6.07, 6.45) is -0.538. The zero-order chi connectivity index (χ0) is 20.9. The first-order valence-electron chi connectivity index (χ1n) is 9.72. The number of halogens is 3. The number of ether oxygens (including phenoxy) is 1. The lowest BCUT2D eigenvalue weighted by molar-refractivity contribution is -0.137. The Morgan fingerprint density at radius 2 is 1.83 bits per heavy atom. The number of nitrogens with one attached hydrogen (secondary N) is 1. The number of methoxy groups -OCH3 is 1. The first kappa shape index (κ1) is 21.2. The van der Waals surface area contributed by atoms with Gasteiger partial charge >= 0.3 is 6.18 Å². The lowest BCUT2D eigenvalue weighted by atomic mass is 10.0. The highest BCUT2D eigenvalue weighted by molar-refractivity contribution is 5.93. The van der Waals surface area contributed by atoms with Gasteiger partial charge in [0.2, 0.25) is 5.91 Å². The van der Waals surface area contributed by atoms with E-state index in [-0.39, 0.29) is 18.3 Å². The van der Waals surface area contributed by atoms with Gasteiger partial charge in [0.05, 0.1) is 24.9 Å². The van der Waals surface area contributed by atoms with Crippen LogP contribution in [0.15, 0.2) is 48.5 Å². The monoisotopic (exact) mass is 406 g/mol. The van der Waals surface area contributed by atoms with Crippen LogP contribution in [0.25, 0.3) is 0 Å². The van der Waals surface area contributed by atoms with Crippen LogP contribution < -0.4 is 10.1 Å². The van der Waals surface area contributed by atoms with Crippen molar-refractivity contribution < 1.29 is 22.7 Å². The van der Waals surface area contributed by atoms with Crippen LogP contribution in [0.4, 0.5) is 18.9 Å². The number of hydrogen-bond acceptors (Lipinski definition) is 3. The molecular weight excluding hydrogens is 381 g/mol. The Bertz CT molecular complexity index is 822. The first-order chi connectivity index (χ1) is 13.9. The molecule has 29 heavy (non-hydrogen) atoms. The second-order valence-electron chi connectivity index (χ2n) is 7.20. The van der Waals surface area contributed by atoms with Crippen molar-refractivity contribution in [3.05, 3.63) is 59.7 Å². The standard InChI is InChI=1S/C22H25F3N2O2/c1-29-17-12-10-16(11-13-17)20-9-3-2-6-14-27(20)15-21(28)26-19-8-5-4-7-18(19)22(23,24)25/h4-5,7-8,10-13,20H,2-3,6,9,14-15H2,1H3,(H,26,28)/t20-/m1/s1. The molecule has 1 aliphatic rings. The molecule has 0 bridgehead atoms. The number of para-hydroxylation sites is 1. The van der Waals surface area contributed by atoms with Gasteiger partial charge in [-0.3, -0.25) is 9.69 Å². The third-order valence-electron chi connectivity index (χ3n) is 5.22. The summed E-state index contributed by atoms with van der Waals surface area (Å²) in [5, 5.41) is 2.45. The number of amides is 1. The molecule has 3 rings (SSSR count). The number of nitrogens with zero attached hydrogens (tertiary/aromatic N) is 1. The van der Waals surface area contributed by atoms with Gasteiger partial charge in [0.1, 0.15) is 5.75 Å². The third-order valence-corrected chi connectivity index (χ3v) is 5.22. The summed E-state index contributed by atoms with van der Waals surface area (Å²) >= 11 is 0. The summed E-state index contributed by atoms with van der Waals surface area (Å²) < 4.78 is 44.8. The molecule has 1 atom stereocenters. The molecule has 0 saturated carbocycles. The maximum Gasteiger partial charge on any atom is 0.418 e. The van der Waals surface area contributed by atoms with Crippen molar-refractivity contribution >= 4 is 11.6 Å². The van der Waals surface area contributed by atoms with Gasteiger partial charge < -0.3 is 10.1 Å². The molecule has 0 radical (unpaired) electrons. The summed E-state index contributed by atoms with van der Waals surface area (Å²) in [5.74, 6) is 0.317. The highest BCUT2D eigenvalue weighted by Gasteiger charge is 2.34. The van der Waals surface area contributed by atoms with E-state index in [2.05, 4.69) is 10.2 Å². The van der Waals surface area contributed by atoms with Gasteiger partial charge in [-0.1, -0.05) is 37.1 Å². The maximum absolute atomic E-state index is 13.2. The number of anilines is 1. The smallest absolute Gasteiger partial charge is 0.418 e. The Kier molecular flexibility index (Phi) is 6.79. The number of alkyl halides is 3. The number of benzene rings is 2. The van der Waals surface area contributed by atoms with Crippen molar-refractivity contribution in [1.82, 2.24) is 4.90 Å². The molecule has 1 fully saturated rings. The molecule has 1 heterocycles. The minimum absolute atomic E-state index is 0.0445. The van der Waals surface area contributed by atoms with E-state index in [0.717, 1.165) is 49.6 Å². The fourth-order valence-corrected chi connectivity index (χ4v) is 3.77. The predicted molar refractivity (Wildman–Crippen MR) is 106 cm³/mol. The van der Waals surface area contributed by atoms with E-state index in [1.807, 2.05) is 24.3 Å².